The first-order chi connectivity index (χ1) is 19.1. The number of nitrogens with one attached hydrogen (secondary N) is 1. The number of hydrogen-bond acceptors (Lipinski definition) is 5. The fourth-order valence-corrected chi connectivity index (χ4v) is 5.56. The van der Waals surface area contributed by atoms with Crippen molar-refractivity contribution in [3.05, 3.63) is 90.5 Å². The summed E-state index contributed by atoms with van der Waals surface area (Å²) >= 11 is 0. The van der Waals surface area contributed by atoms with Gasteiger partial charge in [0.25, 0.3) is 10.0 Å². The fraction of sp³-hybridized carbons (Fsp3) is 0.355. The van der Waals surface area contributed by atoms with Crippen molar-refractivity contribution in [3.8, 4) is 5.75 Å². The minimum atomic E-state index is -4.12. The number of carbonyl (C=O) groups is 2. The van der Waals surface area contributed by atoms with Crippen molar-refractivity contribution >= 4 is 27.5 Å². The second-order valence-corrected chi connectivity index (χ2v) is 11.8. The minimum absolute atomic E-state index is 0.0335. The predicted octanol–water partition coefficient (Wildman–Crippen LogP) is 4.51. The van der Waals surface area contributed by atoms with Gasteiger partial charge in [-0.2, -0.15) is 0 Å². The molecule has 8 nitrogen and oxygen atoms in total. The van der Waals surface area contributed by atoms with Crippen molar-refractivity contribution in [2.75, 3.05) is 30.5 Å². The van der Waals surface area contributed by atoms with Crippen LogP contribution in [-0.2, 0) is 26.0 Å². The molecule has 0 spiro atoms. The minimum Gasteiger partial charge on any atom is -0.494 e. The van der Waals surface area contributed by atoms with Crippen molar-refractivity contribution in [2.45, 2.75) is 45.1 Å². The van der Waals surface area contributed by atoms with Gasteiger partial charge in [0.15, 0.2) is 0 Å². The van der Waals surface area contributed by atoms with Crippen LogP contribution in [0.3, 0.4) is 0 Å². The van der Waals surface area contributed by atoms with E-state index in [0.717, 1.165) is 9.87 Å². The van der Waals surface area contributed by atoms with Gasteiger partial charge in [-0.1, -0.05) is 62.4 Å². The molecule has 214 valence electrons. The van der Waals surface area contributed by atoms with Gasteiger partial charge in [0.05, 0.1) is 17.2 Å². The summed E-state index contributed by atoms with van der Waals surface area (Å²) in [7, 11) is -4.12. The van der Waals surface area contributed by atoms with E-state index in [1.54, 1.807) is 49.4 Å². The SMILES string of the molecule is CCOc1ccc(S(=O)(=O)N(CC(=O)N(CCc2ccccc2)[C@@H](C)C(=O)NCC(C)C)c2ccccc2)cc1. The average molecular weight is 566 g/mol. The normalized spacial score (nSPS) is 12.0. The van der Waals surface area contributed by atoms with Crippen LogP contribution in [0.2, 0.25) is 0 Å². The first kappa shape index (κ1) is 30.7. The topological polar surface area (TPSA) is 96.0 Å². The van der Waals surface area contributed by atoms with Gasteiger partial charge >= 0.3 is 0 Å². The van der Waals surface area contributed by atoms with E-state index in [0.29, 0.717) is 31.0 Å². The zero-order chi connectivity index (χ0) is 29.1. The van der Waals surface area contributed by atoms with Crippen LogP contribution in [0.5, 0.6) is 5.75 Å². The number of carbonyl (C=O) groups excluding carboxylic acids is 2. The van der Waals surface area contributed by atoms with Gasteiger partial charge in [-0.25, -0.2) is 8.42 Å². The van der Waals surface area contributed by atoms with Crippen LogP contribution in [-0.4, -0.2) is 57.4 Å². The third kappa shape index (κ3) is 8.32. The number of rotatable bonds is 14. The molecular formula is C31H39N3O5S. The molecule has 2 amide bonds. The Balaban J connectivity index is 1.93. The molecular weight excluding hydrogens is 526 g/mol. The van der Waals surface area contributed by atoms with E-state index in [9.17, 15) is 18.0 Å². The first-order valence-electron chi connectivity index (χ1n) is 13.5. The molecule has 3 aromatic rings. The van der Waals surface area contributed by atoms with E-state index in [1.807, 2.05) is 51.1 Å². The van der Waals surface area contributed by atoms with E-state index in [4.69, 9.17) is 4.74 Å². The number of sulfonamides is 1. The Morgan fingerprint density at radius 2 is 1.48 bits per heavy atom. The van der Waals surface area contributed by atoms with Crippen molar-refractivity contribution in [1.82, 2.24) is 10.2 Å². The third-order valence-electron chi connectivity index (χ3n) is 6.38. The Morgan fingerprint density at radius 3 is 2.05 bits per heavy atom. The third-order valence-corrected chi connectivity index (χ3v) is 8.17. The molecule has 1 N–H and O–H groups in total. The Hall–Kier alpha value is -3.85. The maximum Gasteiger partial charge on any atom is 0.264 e. The number of benzene rings is 3. The molecule has 3 rings (SSSR count). The summed E-state index contributed by atoms with van der Waals surface area (Å²) in [5.74, 6) is 0.0480. The molecule has 40 heavy (non-hydrogen) atoms. The predicted molar refractivity (Wildman–Crippen MR) is 158 cm³/mol. The lowest BCUT2D eigenvalue weighted by molar-refractivity contribution is -0.138. The van der Waals surface area contributed by atoms with Crippen molar-refractivity contribution < 1.29 is 22.7 Å². The summed E-state index contributed by atoms with van der Waals surface area (Å²) in [5, 5.41) is 2.90. The van der Waals surface area contributed by atoms with Gasteiger partial charge in [0.1, 0.15) is 18.3 Å². The first-order valence-corrected chi connectivity index (χ1v) is 15.0. The summed E-state index contributed by atoms with van der Waals surface area (Å²) in [6.07, 6.45) is 0.519. The second-order valence-electron chi connectivity index (χ2n) is 9.89. The maximum atomic E-state index is 13.9. The highest BCUT2D eigenvalue weighted by Crippen LogP contribution is 2.25. The molecule has 0 saturated carbocycles. The number of amides is 2. The highest BCUT2D eigenvalue weighted by Gasteiger charge is 2.32. The molecule has 0 aliphatic rings. The molecule has 0 heterocycles. The van der Waals surface area contributed by atoms with Crippen LogP contribution in [0.4, 0.5) is 5.69 Å². The van der Waals surface area contributed by atoms with E-state index in [1.165, 1.54) is 17.0 Å². The van der Waals surface area contributed by atoms with Crippen LogP contribution in [0, 0.1) is 5.92 Å². The van der Waals surface area contributed by atoms with Crippen molar-refractivity contribution in [1.29, 1.82) is 0 Å². The summed E-state index contributed by atoms with van der Waals surface area (Å²) < 4.78 is 34.3. The van der Waals surface area contributed by atoms with Crippen LogP contribution in [0.1, 0.15) is 33.3 Å². The smallest absolute Gasteiger partial charge is 0.264 e. The molecule has 3 aromatic carbocycles. The lowest BCUT2D eigenvalue weighted by Crippen LogP contribution is -2.52. The van der Waals surface area contributed by atoms with Crippen LogP contribution >= 0.6 is 0 Å². The number of ether oxygens (including phenoxy) is 1. The van der Waals surface area contributed by atoms with Crippen molar-refractivity contribution in [3.63, 3.8) is 0 Å². The van der Waals surface area contributed by atoms with Crippen LogP contribution in [0.25, 0.3) is 0 Å². The molecule has 0 fully saturated rings. The van der Waals surface area contributed by atoms with E-state index in [-0.39, 0.29) is 23.3 Å². The molecule has 9 heteroatoms. The summed E-state index contributed by atoms with van der Waals surface area (Å²) in [6.45, 7) is 8.23. The molecule has 1 atom stereocenters. The largest absolute Gasteiger partial charge is 0.494 e. The van der Waals surface area contributed by atoms with Gasteiger partial charge in [-0.05, 0) is 68.1 Å². The van der Waals surface area contributed by atoms with Gasteiger partial charge in [-0.15, -0.1) is 0 Å². The molecule has 0 radical (unpaired) electrons. The van der Waals surface area contributed by atoms with E-state index < -0.39 is 28.5 Å². The Morgan fingerprint density at radius 1 is 0.875 bits per heavy atom. The standard InChI is InChI=1S/C31H39N3O5S/c1-5-39-28-16-18-29(19-17-28)40(37,38)34(27-14-10-7-11-15-27)23-30(35)33(21-20-26-12-8-6-9-13-26)25(4)31(36)32-22-24(2)3/h6-19,24-25H,5,20-23H2,1-4H3,(H,32,36)/t25-/m0/s1. The maximum absolute atomic E-state index is 13.9. The van der Waals surface area contributed by atoms with Gasteiger partial charge in [0.2, 0.25) is 11.8 Å². The van der Waals surface area contributed by atoms with Gasteiger partial charge in [-0.3, -0.25) is 13.9 Å². The second kappa shape index (κ2) is 14.5. The highest BCUT2D eigenvalue weighted by molar-refractivity contribution is 7.92. The number of hydrogen-bond donors (Lipinski definition) is 1. The van der Waals surface area contributed by atoms with Gasteiger partial charge in [0, 0.05) is 13.1 Å². The molecule has 0 aromatic heterocycles. The quantitative estimate of drug-likeness (QED) is 0.310. The average Bonchev–Trinajstić information content (AvgIpc) is 2.96. The van der Waals surface area contributed by atoms with E-state index in [2.05, 4.69) is 5.32 Å². The Kier molecular flexibility index (Phi) is 11.1. The van der Waals surface area contributed by atoms with Crippen LogP contribution < -0.4 is 14.4 Å². The van der Waals surface area contributed by atoms with E-state index >= 15 is 0 Å². The molecule has 0 unspecified atom stereocenters. The summed E-state index contributed by atoms with van der Waals surface area (Å²) in [6, 6.07) is 23.5. The fourth-order valence-electron chi connectivity index (χ4n) is 4.15. The number of para-hydroxylation sites is 1. The Labute approximate surface area is 238 Å². The zero-order valence-electron chi connectivity index (χ0n) is 23.6. The highest BCUT2D eigenvalue weighted by atomic mass is 32.2. The molecule has 0 saturated heterocycles. The van der Waals surface area contributed by atoms with Gasteiger partial charge < -0.3 is 15.0 Å². The lowest BCUT2D eigenvalue weighted by atomic mass is 10.1. The van der Waals surface area contributed by atoms with Crippen LogP contribution in [0.15, 0.2) is 89.8 Å². The van der Waals surface area contributed by atoms with Crippen molar-refractivity contribution in [2.24, 2.45) is 5.92 Å². The summed E-state index contributed by atoms with van der Waals surface area (Å²) in [5.41, 5.74) is 1.36. The Bertz CT molecular complexity index is 1330. The number of anilines is 1. The number of nitrogens with zero attached hydrogens (tertiary/aromatic N) is 2. The molecule has 0 bridgehead atoms. The zero-order valence-corrected chi connectivity index (χ0v) is 24.4. The molecule has 0 aliphatic heterocycles. The molecule has 0 aliphatic carbocycles. The monoisotopic (exact) mass is 565 g/mol. The lowest BCUT2D eigenvalue weighted by Gasteiger charge is -2.32. The summed E-state index contributed by atoms with van der Waals surface area (Å²) in [4.78, 5) is 28.4.